The molecule has 3 fully saturated rings. The van der Waals surface area contributed by atoms with Crippen LogP contribution in [0.15, 0.2) is 5.38 Å². The van der Waals surface area contributed by atoms with E-state index in [1.165, 1.54) is 49.5 Å². The van der Waals surface area contributed by atoms with Gasteiger partial charge in [0.1, 0.15) is 0 Å². The van der Waals surface area contributed by atoms with E-state index in [2.05, 4.69) is 27.1 Å². The molecule has 4 rings (SSSR count). The van der Waals surface area contributed by atoms with Gasteiger partial charge in [-0.15, -0.1) is 11.3 Å². The summed E-state index contributed by atoms with van der Waals surface area (Å²) < 4.78 is 69.6. The monoisotopic (exact) mass is 549 g/mol. The average Bonchev–Trinajstić information content (AvgIpc) is 3.52. The second kappa shape index (κ2) is 13.0. The molecule has 1 aliphatic carbocycles. The number of aryl methyl sites for hydroxylation is 1. The summed E-state index contributed by atoms with van der Waals surface area (Å²) in [5, 5.41) is 17.6. The number of hydrogen-bond donors (Lipinski definition) is 2. The number of carboxylic acids is 2. The Labute approximate surface area is 207 Å². The van der Waals surface area contributed by atoms with Gasteiger partial charge >= 0.3 is 24.3 Å². The highest BCUT2D eigenvalue weighted by Crippen LogP contribution is 2.33. The lowest BCUT2D eigenvalue weighted by Crippen LogP contribution is -2.51. The van der Waals surface area contributed by atoms with E-state index in [-0.39, 0.29) is 0 Å². The lowest BCUT2D eigenvalue weighted by molar-refractivity contribution is -0.193. The number of fused-ring (bicyclic) bond motifs is 1. The second-order valence-electron chi connectivity index (χ2n) is 8.73. The van der Waals surface area contributed by atoms with E-state index in [0.29, 0.717) is 12.1 Å². The Morgan fingerprint density at radius 2 is 1.58 bits per heavy atom. The third-order valence-electron chi connectivity index (χ3n) is 5.81. The Kier molecular flexibility index (Phi) is 10.9. The smallest absolute Gasteiger partial charge is 0.475 e. The molecule has 1 saturated carbocycles. The molecule has 1 aromatic rings. The van der Waals surface area contributed by atoms with E-state index in [9.17, 15) is 26.3 Å². The molecule has 0 bridgehead atoms. The summed E-state index contributed by atoms with van der Waals surface area (Å²) >= 11 is 1.76. The molecular formula is C21H29F6N3O5S. The Morgan fingerprint density at radius 1 is 1.03 bits per heavy atom. The number of carboxylic acid groups (broad SMARTS) is 2. The number of aliphatic carboxylic acids is 2. The molecule has 2 atom stereocenters. The van der Waals surface area contributed by atoms with Crippen molar-refractivity contribution in [2.45, 2.75) is 63.7 Å². The number of nitrogens with zero attached hydrogens (tertiary/aromatic N) is 3. The van der Waals surface area contributed by atoms with E-state index >= 15 is 0 Å². The molecule has 15 heteroatoms. The standard InChI is InChI=1S/C17H27N3OS.2C2HF3O2/c1-13-18-15(12-22-13)11-19-6-4-16-17(5-7-19)21-9-8-20(16)10-14-2-3-14;2*3-2(4,5)1(6)7/h12,14,16-17H,2-11H2,1H3;2*(H,6,7). The lowest BCUT2D eigenvalue weighted by atomic mass is 10.0. The van der Waals surface area contributed by atoms with E-state index in [1.54, 1.807) is 11.3 Å². The van der Waals surface area contributed by atoms with Crippen LogP contribution in [0, 0.1) is 12.8 Å². The molecule has 2 aliphatic heterocycles. The maximum Gasteiger partial charge on any atom is 0.490 e. The van der Waals surface area contributed by atoms with Crippen molar-refractivity contribution in [2.24, 2.45) is 5.92 Å². The van der Waals surface area contributed by atoms with Gasteiger partial charge in [0.05, 0.1) is 23.4 Å². The van der Waals surface area contributed by atoms with Gasteiger partial charge in [0, 0.05) is 44.1 Å². The number of morpholine rings is 1. The fourth-order valence-electron chi connectivity index (χ4n) is 3.94. The Morgan fingerprint density at radius 3 is 2.06 bits per heavy atom. The third-order valence-corrected chi connectivity index (χ3v) is 6.63. The van der Waals surface area contributed by atoms with Gasteiger partial charge in [-0.05, 0) is 38.5 Å². The number of ether oxygens (including phenoxy) is 1. The molecule has 2 unspecified atom stereocenters. The van der Waals surface area contributed by atoms with Gasteiger partial charge in [-0.3, -0.25) is 9.80 Å². The van der Waals surface area contributed by atoms with Crippen LogP contribution in [0.2, 0.25) is 0 Å². The van der Waals surface area contributed by atoms with Crippen LogP contribution >= 0.6 is 11.3 Å². The van der Waals surface area contributed by atoms with Gasteiger partial charge in [-0.1, -0.05) is 0 Å². The van der Waals surface area contributed by atoms with E-state index in [0.717, 1.165) is 32.2 Å². The Bertz CT molecular complexity index is 838. The SMILES string of the molecule is Cc1nc(CN2CCC3OCCN(CC4CC4)C3CC2)cs1.O=C(O)C(F)(F)F.O=C(O)C(F)(F)F. The zero-order chi connectivity index (χ0) is 27.1. The predicted octanol–water partition coefficient (Wildman–Crippen LogP) is 3.79. The highest BCUT2D eigenvalue weighted by Gasteiger charge is 2.39. The average molecular weight is 550 g/mol. The first kappa shape index (κ1) is 30.3. The quantitative estimate of drug-likeness (QED) is 0.547. The molecule has 2 N–H and O–H groups in total. The maximum atomic E-state index is 10.6. The van der Waals surface area contributed by atoms with Crippen LogP contribution in [0.1, 0.15) is 36.4 Å². The first-order valence-corrected chi connectivity index (χ1v) is 12.1. The number of thiazole rings is 1. The van der Waals surface area contributed by atoms with Gasteiger partial charge < -0.3 is 14.9 Å². The maximum absolute atomic E-state index is 10.6. The minimum atomic E-state index is -5.08. The van der Waals surface area contributed by atoms with Gasteiger partial charge in [-0.2, -0.15) is 26.3 Å². The lowest BCUT2D eigenvalue weighted by Gasteiger charge is -2.40. The highest BCUT2D eigenvalue weighted by molar-refractivity contribution is 7.09. The van der Waals surface area contributed by atoms with Crippen LogP contribution in [-0.4, -0.2) is 94.2 Å². The molecule has 2 saturated heterocycles. The minimum absolute atomic E-state index is 0.453. The van der Waals surface area contributed by atoms with Gasteiger partial charge in [-0.25, -0.2) is 14.6 Å². The number of alkyl halides is 6. The number of aromatic nitrogens is 1. The van der Waals surface area contributed by atoms with Gasteiger partial charge in [0.25, 0.3) is 0 Å². The van der Waals surface area contributed by atoms with Crippen LogP contribution < -0.4 is 0 Å². The molecule has 0 aromatic carbocycles. The summed E-state index contributed by atoms with van der Waals surface area (Å²) in [7, 11) is 0. The number of halogens is 6. The minimum Gasteiger partial charge on any atom is -0.475 e. The zero-order valence-corrected chi connectivity index (χ0v) is 20.3. The highest BCUT2D eigenvalue weighted by atomic mass is 32.1. The molecule has 0 radical (unpaired) electrons. The summed E-state index contributed by atoms with van der Waals surface area (Å²) in [6, 6.07) is 0.650. The molecule has 206 valence electrons. The summed E-state index contributed by atoms with van der Waals surface area (Å²) in [6.07, 6.45) is -4.39. The zero-order valence-electron chi connectivity index (χ0n) is 19.5. The molecular weight excluding hydrogens is 520 g/mol. The van der Waals surface area contributed by atoms with Gasteiger partial charge in [0.15, 0.2) is 0 Å². The predicted molar refractivity (Wildman–Crippen MR) is 117 cm³/mol. The molecule has 3 aliphatic rings. The molecule has 0 amide bonds. The van der Waals surface area contributed by atoms with Crippen LogP contribution in [-0.2, 0) is 20.9 Å². The van der Waals surface area contributed by atoms with E-state index in [4.69, 9.17) is 24.5 Å². The first-order chi connectivity index (χ1) is 16.7. The van der Waals surface area contributed by atoms with E-state index < -0.39 is 24.3 Å². The van der Waals surface area contributed by atoms with Crippen molar-refractivity contribution in [3.63, 3.8) is 0 Å². The molecule has 1 aromatic heterocycles. The summed E-state index contributed by atoms with van der Waals surface area (Å²) in [5.74, 6) is -4.53. The summed E-state index contributed by atoms with van der Waals surface area (Å²) in [6.45, 7) is 8.82. The van der Waals surface area contributed by atoms with Crippen molar-refractivity contribution in [1.82, 2.24) is 14.8 Å². The fraction of sp³-hybridized carbons (Fsp3) is 0.762. The molecule has 3 heterocycles. The number of hydrogen-bond acceptors (Lipinski definition) is 7. The number of rotatable bonds is 4. The van der Waals surface area contributed by atoms with Crippen LogP contribution in [0.25, 0.3) is 0 Å². The molecule has 36 heavy (non-hydrogen) atoms. The van der Waals surface area contributed by atoms with Crippen molar-refractivity contribution in [3.8, 4) is 0 Å². The largest absolute Gasteiger partial charge is 0.490 e. The number of likely N-dealkylation sites (tertiary alicyclic amines) is 1. The first-order valence-electron chi connectivity index (χ1n) is 11.3. The normalized spacial score (nSPS) is 23.3. The van der Waals surface area contributed by atoms with Crippen molar-refractivity contribution in [1.29, 1.82) is 0 Å². The van der Waals surface area contributed by atoms with Crippen LogP contribution in [0.5, 0.6) is 0 Å². The van der Waals surface area contributed by atoms with Gasteiger partial charge in [0.2, 0.25) is 0 Å². The summed E-state index contributed by atoms with van der Waals surface area (Å²) in [4.78, 5) is 27.7. The number of carbonyl (C=O) groups is 2. The fourth-order valence-corrected chi connectivity index (χ4v) is 4.54. The van der Waals surface area contributed by atoms with Crippen LogP contribution in [0.3, 0.4) is 0 Å². The van der Waals surface area contributed by atoms with Crippen molar-refractivity contribution >= 4 is 23.3 Å². The molecule has 0 spiro atoms. The van der Waals surface area contributed by atoms with Crippen LogP contribution in [0.4, 0.5) is 26.3 Å². The van der Waals surface area contributed by atoms with Crippen molar-refractivity contribution in [3.05, 3.63) is 16.1 Å². The second-order valence-corrected chi connectivity index (χ2v) is 9.79. The summed E-state index contributed by atoms with van der Waals surface area (Å²) in [5.41, 5.74) is 1.24. The van der Waals surface area contributed by atoms with Crippen molar-refractivity contribution in [2.75, 3.05) is 32.8 Å². The Balaban J connectivity index is 0.000000271. The third kappa shape index (κ3) is 10.6. The Hall–Kier alpha value is -1.97. The van der Waals surface area contributed by atoms with Crippen molar-refractivity contribution < 1.29 is 50.9 Å². The topological polar surface area (TPSA) is 103 Å². The molecule has 8 nitrogen and oxygen atoms in total. The van der Waals surface area contributed by atoms with E-state index in [1.807, 2.05) is 0 Å².